The summed E-state index contributed by atoms with van der Waals surface area (Å²) in [5.74, 6) is 0. The number of nitrogens with zero attached hydrogens (tertiary/aromatic N) is 3. The van der Waals surface area contributed by atoms with Crippen molar-refractivity contribution in [2.75, 3.05) is 31.6 Å². The minimum atomic E-state index is 0.185. The molecular formula is C19H24N4OS. The number of nitrogens with one attached hydrogen (secondary N) is 1. The maximum Gasteiger partial charge on any atom is 0.173 e. The predicted octanol–water partition coefficient (Wildman–Crippen LogP) is 2.35. The van der Waals surface area contributed by atoms with Crippen LogP contribution in [0.1, 0.15) is 12.0 Å². The van der Waals surface area contributed by atoms with Gasteiger partial charge in [-0.1, -0.05) is 18.2 Å². The monoisotopic (exact) mass is 356 g/mol. The Hall–Kier alpha value is -2.02. The standard InChI is InChI=1S/C19H24N4OS/c24-13-8-18-15-23(19(25)21-17-4-2-1-3-5-17)12-11-22(18)14-16-6-9-20-10-7-16/h1-7,9-10,18,24H,8,11-15H2,(H,21,25)/t18-/m0/s1. The summed E-state index contributed by atoms with van der Waals surface area (Å²) < 4.78 is 0. The molecule has 1 fully saturated rings. The molecule has 132 valence electrons. The Kier molecular flexibility index (Phi) is 6.33. The number of hydrogen-bond donors (Lipinski definition) is 2. The minimum Gasteiger partial charge on any atom is -0.396 e. The van der Waals surface area contributed by atoms with E-state index < -0.39 is 0 Å². The summed E-state index contributed by atoms with van der Waals surface area (Å²) in [6, 6.07) is 14.4. The molecule has 1 aromatic carbocycles. The number of rotatable bonds is 5. The van der Waals surface area contributed by atoms with Gasteiger partial charge >= 0.3 is 0 Å². The van der Waals surface area contributed by atoms with E-state index in [1.165, 1.54) is 5.56 Å². The van der Waals surface area contributed by atoms with E-state index in [2.05, 4.69) is 20.1 Å². The lowest BCUT2D eigenvalue weighted by Crippen LogP contribution is -2.55. The molecule has 0 amide bonds. The molecule has 1 aliphatic rings. The van der Waals surface area contributed by atoms with E-state index in [1.807, 2.05) is 54.9 Å². The van der Waals surface area contributed by atoms with Gasteiger partial charge in [0, 0.05) is 56.9 Å². The summed E-state index contributed by atoms with van der Waals surface area (Å²) in [6.07, 6.45) is 4.40. The Labute approximate surface area is 154 Å². The van der Waals surface area contributed by atoms with E-state index in [0.717, 1.165) is 43.4 Å². The third-order valence-electron chi connectivity index (χ3n) is 4.51. The quantitative estimate of drug-likeness (QED) is 0.802. The second-order valence-electron chi connectivity index (χ2n) is 6.23. The van der Waals surface area contributed by atoms with Crippen LogP contribution in [-0.4, -0.2) is 57.3 Å². The highest BCUT2D eigenvalue weighted by Gasteiger charge is 2.27. The molecule has 1 atom stereocenters. The van der Waals surface area contributed by atoms with Crippen molar-refractivity contribution >= 4 is 23.0 Å². The molecular weight excluding hydrogens is 332 g/mol. The summed E-state index contributed by atoms with van der Waals surface area (Å²) >= 11 is 5.59. The Morgan fingerprint density at radius 2 is 1.92 bits per heavy atom. The molecule has 2 N–H and O–H groups in total. The normalized spacial score (nSPS) is 18.1. The number of thiocarbonyl (C=S) groups is 1. The third kappa shape index (κ3) is 4.98. The minimum absolute atomic E-state index is 0.185. The predicted molar refractivity (Wildman–Crippen MR) is 104 cm³/mol. The Bertz CT molecular complexity index is 668. The highest BCUT2D eigenvalue weighted by Crippen LogP contribution is 2.17. The van der Waals surface area contributed by atoms with Crippen LogP contribution in [0.4, 0.5) is 5.69 Å². The van der Waals surface area contributed by atoms with Crippen LogP contribution in [0, 0.1) is 0 Å². The van der Waals surface area contributed by atoms with Crippen LogP contribution in [0.2, 0.25) is 0 Å². The number of aromatic nitrogens is 1. The van der Waals surface area contributed by atoms with Gasteiger partial charge < -0.3 is 15.3 Å². The lowest BCUT2D eigenvalue weighted by atomic mass is 10.1. The third-order valence-corrected chi connectivity index (χ3v) is 4.87. The molecule has 1 saturated heterocycles. The number of piperazine rings is 1. The molecule has 2 aromatic rings. The van der Waals surface area contributed by atoms with Crippen LogP contribution < -0.4 is 5.32 Å². The lowest BCUT2D eigenvalue weighted by Gasteiger charge is -2.42. The van der Waals surface area contributed by atoms with Gasteiger partial charge in [0.05, 0.1) is 0 Å². The summed E-state index contributed by atoms with van der Waals surface area (Å²) in [6.45, 7) is 3.68. The number of aliphatic hydroxyl groups is 1. The summed E-state index contributed by atoms with van der Waals surface area (Å²) in [5.41, 5.74) is 2.25. The molecule has 0 saturated carbocycles. The van der Waals surface area contributed by atoms with Gasteiger partial charge in [-0.05, 0) is 48.5 Å². The van der Waals surface area contributed by atoms with Crippen LogP contribution in [-0.2, 0) is 6.54 Å². The molecule has 6 heteroatoms. The highest BCUT2D eigenvalue weighted by molar-refractivity contribution is 7.80. The second kappa shape index (κ2) is 8.89. The van der Waals surface area contributed by atoms with E-state index in [9.17, 15) is 5.11 Å². The Balaban J connectivity index is 1.61. The molecule has 1 aliphatic heterocycles. The first-order valence-corrected chi connectivity index (χ1v) is 9.02. The van der Waals surface area contributed by atoms with Crippen molar-refractivity contribution in [1.82, 2.24) is 14.8 Å². The topological polar surface area (TPSA) is 51.6 Å². The SMILES string of the molecule is OCC[C@H]1CN(C(=S)Nc2ccccc2)CCN1Cc1ccncc1. The fourth-order valence-electron chi connectivity index (χ4n) is 3.16. The first kappa shape index (κ1) is 17.8. The van der Waals surface area contributed by atoms with E-state index in [0.29, 0.717) is 0 Å². The number of pyridine rings is 1. The highest BCUT2D eigenvalue weighted by atomic mass is 32.1. The van der Waals surface area contributed by atoms with E-state index in [1.54, 1.807) is 0 Å². The Morgan fingerprint density at radius 1 is 1.16 bits per heavy atom. The van der Waals surface area contributed by atoms with E-state index in [-0.39, 0.29) is 12.6 Å². The fourth-order valence-corrected chi connectivity index (χ4v) is 3.44. The van der Waals surface area contributed by atoms with Gasteiger partial charge in [0.2, 0.25) is 0 Å². The van der Waals surface area contributed by atoms with Gasteiger partial charge in [-0.2, -0.15) is 0 Å². The molecule has 25 heavy (non-hydrogen) atoms. The van der Waals surface area contributed by atoms with Gasteiger partial charge in [-0.3, -0.25) is 9.88 Å². The number of benzene rings is 1. The van der Waals surface area contributed by atoms with Crippen LogP contribution in [0.5, 0.6) is 0 Å². The van der Waals surface area contributed by atoms with Crippen molar-refractivity contribution in [3.8, 4) is 0 Å². The van der Waals surface area contributed by atoms with Crippen LogP contribution >= 0.6 is 12.2 Å². The zero-order chi connectivity index (χ0) is 17.5. The van der Waals surface area contributed by atoms with Crippen molar-refractivity contribution in [1.29, 1.82) is 0 Å². The summed E-state index contributed by atoms with van der Waals surface area (Å²) in [7, 11) is 0. The number of para-hydroxylation sites is 1. The number of hydrogen-bond acceptors (Lipinski definition) is 4. The zero-order valence-electron chi connectivity index (χ0n) is 14.2. The molecule has 2 heterocycles. The lowest BCUT2D eigenvalue weighted by molar-refractivity contribution is 0.0855. The maximum atomic E-state index is 9.46. The van der Waals surface area contributed by atoms with Crippen LogP contribution in [0.15, 0.2) is 54.9 Å². The summed E-state index contributed by atoms with van der Waals surface area (Å²) in [4.78, 5) is 8.70. The van der Waals surface area contributed by atoms with E-state index in [4.69, 9.17) is 12.2 Å². The van der Waals surface area contributed by atoms with Crippen molar-refractivity contribution in [2.45, 2.75) is 19.0 Å². The maximum absolute atomic E-state index is 9.46. The first-order valence-electron chi connectivity index (χ1n) is 8.61. The van der Waals surface area contributed by atoms with Gasteiger partial charge in [0.1, 0.15) is 0 Å². The number of anilines is 1. The van der Waals surface area contributed by atoms with Gasteiger partial charge in [0.15, 0.2) is 5.11 Å². The van der Waals surface area contributed by atoms with Gasteiger partial charge in [-0.25, -0.2) is 0 Å². The largest absolute Gasteiger partial charge is 0.396 e. The molecule has 5 nitrogen and oxygen atoms in total. The molecule has 0 spiro atoms. The average molecular weight is 356 g/mol. The van der Waals surface area contributed by atoms with Gasteiger partial charge in [-0.15, -0.1) is 0 Å². The molecule has 3 rings (SSSR count). The van der Waals surface area contributed by atoms with Crippen molar-refractivity contribution < 1.29 is 5.11 Å². The second-order valence-corrected chi connectivity index (χ2v) is 6.62. The smallest absolute Gasteiger partial charge is 0.173 e. The zero-order valence-corrected chi connectivity index (χ0v) is 15.0. The van der Waals surface area contributed by atoms with Crippen molar-refractivity contribution in [2.24, 2.45) is 0 Å². The molecule has 0 bridgehead atoms. The van der Waals surface area contributed by atoms with E-state index >= 15 is 0 Å². The van der Waals surface area contributed by atoms with Crippen molar-refractivity contribution in [3.05, 3.63) is 60.4 Å². The van der Waals surface area contributed by atoms with Crippen LogP contribution in [0.25, 0.3) is 0 Å². The molecule has 0 aliphatic carbocycles. The number of aliphatic hydroxyl groups excluding tert-OH is 1. The summed E-state index contributed by atoms with van der Waals surface area (Å²) in [5, 5.41) is 13.5. The fraction of sp³-hybridized carbons (Fsp3) is 0.368. The van der Waals surface area contributed by atoms with Crippen LogP contribution in [0.3, 0.4) is 0 Å². The molecule has 0 unspecified atom stereocenters. The van der Waals surface area contributed by atoms with Gasteiger partial charge in [0.25, 0.3) is 0 Å². The molecule has 0 radical (unpaired) electrons. The average Bonchev–Trinajstić information content (AvgIpc) is 2.65. The van der Waals surface area contributed by atoms with Crippen molar-refractivity contribution in [3.63, 3.8) is 0 Å². The first-order chi connectivity index (χ1) is 12.3. The Morgan fingerprint density at radius 3 is 2.64 bits per heavy atom. The molecule has 1 aromatic heterocycles.